The van der Waals surface area contributed by atoms with Gasteiger partial charge in [-0.3, -0.25) is 10.3 Å². The summed E-state index contributed by atoms with van der Waals surface area (Å²) in [6.45, 7) is 2.43. The zero-order valence-electron chi connectivity index (χ0n) is 6.59. The monoisotopic (exact) mass is 149 g/mol. The summed E-state index contributed by atoms with van der Waals surface area (Å²) in [5.74, 6) is 3.16. The van der Waals surface area contributed by atoms with Gasteiger partial charge in [0.1, 0.15) is 5.84 Å². The highest BCUT2D eigenvalue weighted by Gasteiger charge is 1.85. The maximum atomic E-state index is 8.17. The van der Waals surface area contributed by atoms with E-state index in [0.717, 1.165) is 12.8 Å². The molecule has 0 unspecified atom stereocenters. The summed E-state index contributed by atoms with van der Waals surface area (Å²) < 4.78 is 0. The van der Waals surface area contributed by atoms with Crippen molar-refractivity contribution in [1.29, 1.82) is 5.26 Å². The molecular weight excluding hydrogens is 138 g/mol. The van der Waals surface area contributed by atoms with E-state index in [0.29, 0.717) is 12.4 Å². The molecule has 0 aliphatic heterocycles. The van der Waals surface area contributed by atoms with Crippen LogP contribution in [0.25, 0.3) is 0 Å². The molecule has 58 valence electrons. The van der Waals surface area contributed by atoms with E-state index in [4.69, 9.17) is 11.7 Å². The summed E-state index contributed by atoms with van der Waals surface area (Å²) in [6.07, 6.45) is 8.44. The first-order valence-electron chi connectivity index (χ1n) is 3.41. The summed E-state index contributed by atoms with van der Waals surface area (Å²) in [7, 11) is 0. The predicted molar refractivity (Wildman–Crippen MR) is 44.8 cm³/mol. The van der Waals surface area contributed by atoms with Crippen molar-refractivity contribution >= 4 is 5.84 Å². The molecule has 11 heavy (non-hydrogen) atoms. The number of rotatable bonds is 3. The lowest BCUT2D eigenvalue weighted by atomic mass is 10.3. The summed E-state index contributed by atoms with van der Waals surface area (Å²) in [5, 5.41) is 10.6. The third-order valence-corrected chi connectivity index (χ3v) is 1.07. The normalized spacial score (nSPS) is 9.91. The van der Waals surface area contributed by atoms with Gasteiger partial charge in [0.05, 0.1) is 0 Å². The molecule has 0 bridgehead atoms. The van der Waals surface area contributed by atoms with Crippen LogP contribution in [0.2, 0.25) is 0 Å². The lowest BCUT2D eigenvalue weighted by Gasteiger charge is -1.94. The Morgan fingerprint density at radius 1 is 1.73 bits per heavy atom. The van der Waals surface area contributed by atoms with Crippen LogP contribution in [0, 0.1) is 23.8 Å². The lowest BCUT2D eigenvalue weighted by molar-refractivity contribution is 0.865. The molecule has 0 aromatic carbocycles. The molecule has 3 heteroatoms. The summed E-state index contributed by atoms with van der Waals surface area (Å²) in [5.41, 5.74) is 0. The van der Waals surface area contributed by atoms with Crippen molar-refractivity contribution in [2.75, 3.05) is 6.54 Å². The fourth-order valence-corrected chi connectivity index (χ4v) is 0.548. The topological polar surface area (TPSA) is 48.2 Å². The van der Waals surface area contributed by atoms with Crippen LogP contribution in [0.3, 0.4) is 0 Å². The van der Waals surface area contributed by atoms with Crippen molar-refractivity contribution < 1.29 is 0 Å². The number of nitrogens with zero attached hydrogens (tertiary/aromatic N) is 2. The van der Waals surface area contributed by atoms with E-state index >= 15 is 0 Å². The maximum absolute atomic E-state index is 8.17. The number of nitrogens with one attached hydrogen (secondary N) is 1. The number of terminal acetylenes is 1. The molecule has 0 aromatic rings. The van der Waals surface area contributed by atoms with Crippen molar-refractivity contribution in [3.63, 3.8) is 0 Å². The van der Waals surface area contributed by atoms with Crippen LogP contribution in [-0.4, -0.2) is 12.4 Å². The third-order valence-electron chi connectivity index (χ3n) is 1.07. The van der Waals surface area contributed by atoms with Crippen LogP contribution < -0.4 is 5.32 Å². The predicted octanol–water partition coefficient (Wildman–Crippen LogP) is 0.889. The molecule has 0 spiro atoms. The molecule has 0 heterocycles. The number of hydrogen-bond donors (Lipinski definition) is 1. The number of hydrogen-bond acceptors (Lipinski definition) is 2. The summed E-state index contributed by atoms with van der Waals surface area (Å²) in [4.78, 5) is 4.04. The highest BCUT2D eigenvalue weighted by molar-refractivity contribution is 5.80. The number of aliphatic imine (C=N–C) groups is 1. The van der Waals surface area contributed by atoms with Crippen LogP contribution in [0.5, 0.6) is 0 Å². The van der Waals surface area contributed by atoms with Crippen LogP contribution in [-0.2, 0) is 0 Å². The van der Waals surface area contributed by atoms with Crippen LogP contribution >= 0.6 is 0 Å². The van der Waals surface area contributed by atoms with Crippen molar-refractivity contribution in [3.8, 4) is 18.5 Å². The van der Waals surface area contributed by atoms with E-state index in [9.17, 15) is 0 Å². The average Bonchev–Trinajstić information content (AvgIpc) is 1.99. The molecule has 0 amide bonds. The van der Waals surface area contributed by atoms with E-state index in [-0.39, 0.29) is 0 Å². The van der Waals surface area contributed by atoms with Crippen LogP contribution in [0.4, 0.5) is 0 Å². The Balaban J connectivity index is 3.43. The summed E-state index contributed by atoms with van der Waals surface area (Å²) >= 11 is 0. The van der Waals surface area contributed by atoms with Gasteiger partial charge in [-0.2, -0.15) is 5.26 Å². The van der Waals surface area contributed by atoms with Gasteiger partial charge in [0, 0.05) is 13.0 Å². The van der Waals surface area contributed by atoms with Crippen LogP contribution in [0.1, 0.15) is 19.8 Å². The molecule has 0 aliphatic rings. The van der Waals surface area contributed by atoms with E-state index in [1.165, 1.54) is 0 Å². The Morgan fingerprint density at radius 3 is 3.00 bits per heavy atom. The van der Waals surface area contributed by atoms with Crippen molar-refractivity contribution in [2.24, 2.45) is 4.99 Å². The minimum Gasteiger partial charge on any atom is -0.281 e. The standard InChI is InChI=1S/C8H11N3/c1-3-4-5-6-10-8(2)11-7-9/h1H,4-6H2,2H3,(H,10,11). The van der Waals surface area contributed by atoms with Gasteiger partial charge in [-0.05, 0) is 13.3 Å². The molecule has 0 atom stereocenters. The molecule has 0 rings (SSSR count). The fraction of sp³-hybridized carbons (Fsp3) is 0.500. The molecule has 1 N–H and O–H groups in total. The van der Waals surface area contributed by atoms with Gasteiger partial charge in [-0.1, -0.05) is 0 Å². The van der Waals surface area contributed by atoms with Gasteiger partial charge in [0.25, 0.3) is 0 Å². The van der Waals surface area contributed by atoms with Crippen LogP contribution in [0.15, 0.2) is 4.99 Å². The molecule has 0 saturated carbocycles. The number of nitriles is 1. The van der Waals surface area contributed by atoms with Gasteiger partial charge in [-0.25, -0.2) is 0 Å². The Bertz CT molecular complexity index is 204. The molecule has 0 fully saturated rings. The van der Waals surface area contributed by atoms with Crippen molar-refractivity contribution in [2.45, 2.75) is 19.8 Å². The largest absolute Gasteiger partial charge is 0.281 e. The molecule has 0 aromatic heterocycles. The first-order valence-corrected chi connectivity index (χ1v) is 3.41. The number of amidine groups is 1. The minimum atomic E-state index is 0.643. The SMILES string of the molecule is C#CCCCN=C(C)NC#N. The third kappa shape index (κ3) is 6.40. The Hall–Kier alpha value is -1.48. The Morgan fingerprint density at radius 2 is 2.45 bits per heavy atom. The van der Waals surface area contributed by atoms with E-state index in [1.807, 2.05) is 0 Å². The number of unbranched alkanes of at least 4 members (excludes halogenated alkanes) is 1. The Kier molecular flexibility index (Phi) is 5.74. The molecular formula is C8H11N3. The van der Waals surface area contributed by atoms with E-state index in [2.05, 4.69) is 16.2 Å². The molecule has 3 nitrogen and oxygen atoms in total. The average molecular weight is 149 g/mol. The lowest BCUT2D eigenvalue weighted by Crippen LogP contribution is -2.13. The second-order valence-electron chi connectivity index (χ2n) is 2.01. The zero-order valence-corrected chi connectivity index (χ0v) is 6.59. The minimum absolute atomic E-state index is 0.643. The quantitative estimate of drug-likeness (QED) is 0.162. The second kappa shape index (κ2) is 6.64. The van der Waals surface area contributed by atoms with Gasteiger partial charge in [-0.15, -0.1) is 12.3 Å². The molecule has 0 aliphatic carbocycles. The summed E-state index contributed by atoms with van der Waals surface area (Å²) in [6, 6.07) is 0. The van der Waals surface area contributed by atoms with Crippen molar-refractivity contribution in [3.05, 3.63) is 0 Å². The van der Waals surface area contributed by atoms with Gasteiger partial charge >= 0.3 is 0 Å². The molecule has 0 saturated heterocycles. The van der Waals surface area contributed by atoms with Crippen molar-refractivity contribution in [1.82, 2.24) is 5.32 Å². The van der Waals surface area contributed by atoms with Gasteiger partial charge in [0.2, 0.25) is 0 Å². The smallest absolute Gasteiger partial charge is 0.182 e. The zero-order chi connectivity index (χ0) is 8.53. The van der Waals surface area contributed by atoms with E-state index in [1.54, 1.807) is 13.1 Å². The maximum Gasteiger partial charge on any atom is 0.182 e. The van der Waals surface area contributed by atoms with Gasteiger partial charge in [0.15, 0.2) is 6.19 Å². The Labute approximate surface area is 67.1 Å². The fourth-order valence-electron chi connectivity index (χ4n) is 0.548. The van der Waals surface area contributed by atoms with E-state index < -0.39 is 0 Å². The highest BCUT2D eigenvalue weighted by atomic mass is 15.0. The molecule has 0 radical (unpaired) electrons. The first-order chi connectivity index (χ1) is 5.31. The second-order valence-corrected chi connectivity index (χ2v) is 2.01. The highest BCUT2D eigenvalue weighted by Crippen LogP contribution is 1.86. The van der Waals surface area contributed by atoms with Gasteiger partial charge < -0.3 is 0 Å². The first kappa shape index (κ1) is 9.52.